The molecule has 2 aliphatic heterocycles. The molecule has 3 fully saturated rings. The number of piperidine rings is 2. The van der Waals surface area contributed by atoms with Crippen molar-refractivity contribution in [1.82, 2.24) is 10.2 Å². The number of carbonyl (C=O) groups is 1. The van der Waals surface area contributed by atoms with Gasteiger partial charge in [-0.2, -0.15) is 0 Å². The van der Waals surface area contributed by atoms with Gasteiger partial charge in [0.2, 0.25) is 5.91 Å². The molecule has 3 aliphatic rings. The van der Waals surface area contributed by atoms with Crippen molar-refractivity contribution in [2.45, 2.75) is 76.0 Å². The Morgan fingerprint density at radius 1 is 0.905 bits per heavy atom. The molecule has 0 radical (unpaired) electrons. The number of likely N-dealkylation sites (tertiary alicyclic amines) is 1. The molecule has 0 bridgehead atoms. The standard InChI is InChI=1S/C16H28N2O2.ClH/c19-16(15-7-3-4-10-17-15)18-11-8-14(9-12-18)20-13-5-1-2-6-13;/h13-15,17H,1-12H2;1H. The Morgan fingerprint density at radius 2 is 1.52 bits per heavy atom. The van der Waals surface area contributed by atoms with Gasteiger partial charge in [0.1, 0.15) is 0 Å². The van der Waals surface area contributed by atoms with E-state index in [9.17, 15) is 4.79 Å². The van der Waals surface area contributed by atoms with Crippen molar-refractivity contribution >= 4 is 18.3 Å². The molecule has 0 spiro atoms. The lowest BCUT2D eigenvalue weighted by Gasteiger charge is -2.36. The Bertz CT molecular complexity index is 320. The van der Waals surface area contributed by atoms with Gasteiger partial charge in [-0.15, -0.1) is 12.4 Å². The third-order valence-electron chi connectivity index (χ3n) is 5.05. The summed E-state index contributed by atoms with van der Waals surface area (Å²) < 4.78 is 6.17. The summed E-state index contributed by atoms with van der Waals surface area (Å²) in [4.78, 5) is 14.5. The van der Waals surface area contributed by atoms with Gasteiger partial charge < -0.3 is 15.0 Å². The zero-order chi connectivity index (χ0) is 13.8. The molecule has 1 atom stereocenters. The number of nitrogens with zero attached hydrogens (tertiary/aromatic N) is 1. The number of ether oxygens (including phenoxy) is 1. The molecule has 1 aliphatic carbocycles. The van der Waals surface area contributed by atoms with Crippen molar-refractivity contribution in [3.63, 3.8) is 0 Å². The molecule has 1 saturated carbocycles. The van der Waals surface area contributed by atoms with Crippen molar-refractivity contribution in [3.05, 3.63) is 0 Å². The minimum absolute atomic E-state index is 0. The number of amides is 1. The van der Waals surface area contributed by atoms with Crippen LogP contribution < -0.4 is 5.32 Å². The van der Waals surface area contributed by atoms with Gasteiger partial charge in [-0.05, 0) is 45.1 Å². The highest BCUT2D eigenvalue weighted by Gasteiger charge is 2.30. The van der Waals surface area contributed by atoms with Gasteiger partial charge in [0.05, 0.1) is 18.2 Å². The molecule has 1 unspecified atom stereocenters. The van der Waals surface area contributed by atoms with Gasteiger partial charge in [-0.25, -0.2) is 0 Å². The summed E-state index contributed by atoms with van der Waals surface area (Å²) in [6.45, 7) is 2.76. The van der Waals surface area contributed by atoms with E-state index in [0.29, 0.717) is 18.1 Å². The van der Waals surface area contributed by atoms with Gasteiger partial charge >= 0.3 is 0 Å². The fourth-order valence-electron chi connectivity index (χ4n) is 3.79. The fraction of sp³-hybridized carbons (Fsp3) is 0.938. The van der Waals surface area contributed by atoms with Crippen LogP contribution in [0.5, 0.6) is 0 Å². The Morgan fingerprint density at radius 3 is 2.14 bits per heavy atom. The van der Waals surface area contributed by atoms with Crippen molar-refractivity contribution in [1.29, 1.82) is 0 Å². The summed E-state index contributed by atoms with van der Waals surface area (Å²) in [5.74, 6) is 0.323. The van der Waals surface area contributed by atoms with Crippen LogP contribution in [0.15, 0.2) is 0 Å². The van der Waals surface area contributed by atoms with E-state index < -0.39 is 0 Å². The molecular formula is C16H29ClN2O2. The molecule has 0 aromatic rings. The average molecular weight is 317 g/mol. The molecule has 1 amide bonds. The third-order valence-corrected chi connectivity index (χ3v) is 5.05. The van der Waals surface area contributed by atoms with Crippen LogP contribution in [0.2, 0.25) is 0 Å². The second-order valence-corrected chi connectivity index (χ2v) is 6.57. The van der Waals surface area contributed by atoms with E-state index in [-0.39, 0.29) is 18.4 Å². The number of nitrogens with one attached hydrogen (secondary N) is 1. The van der Waals surface area contributed by atoms with E-state index in [4.69, 9.17) is 4.74 Å². The SMILES string of the molecule is Cl.O=C(C1CCCCN1)N1CCC(OC2CCCC2)CC1. The lowest BCUT2D eigenvalue weighted by molar-refractivity contribution is -0.137. The lowest BCUT2D eigenvalue weighted by atomic mass is 10.0. The Kier molecular flexibility index (Phi) is 6.77. The predicted octanol–water partition coefficient (Wildman–Crippen LogP) is 2.50. The summed E-state index contributed by atoms with van der Waals surface area (Å²) in [6, 6.07) is 0.0797. The molecule has 1 N–H and O–H groups in total. The smallest absolute Gasteiger partial charge is 0.239 e. The molecule has 3 rings (SSSR count). The van der Waals surface area contributed by atoms with E-state index in [0.717, 1.165) is 38.9 Å². The summed E-state index contributed by atoms with van der Waals surface area (Å²) >= 11 is 0. The molecule has 5 heteroatoms. The highest BCUT2D eigenvalue weighted by Crippen LogP contribution is 2.25. The first-order valence-corrected chi connectivity index (χ1v) is 8.50. The van der Waals surface area contributed by atoms with Crippen LogP contribution in [-0.4, -0.2) is 48.7 Å². The van der Waals surface area contributed by atoms with E-state index >= 15 is 0 Å². The van der Waals surface area contributed by atoms with E-state index in [1.165, 1.54) is 38.5 Å². The van der Waals surface area contributed by atoms with E-state index in [2.05, 4.69) is 10.2 Å². The number of carbonyl (C=O) groups excluding carboxylic acids is 1. The largest absolute Gasteiger partial charge is 0.375 e. The van der Waals surface area contributed by atoms with E-state index in [1.807, 2.05) is 0 Å². The van der Waals surface area contributed by atoms with Crippen molar-refractivity contribution in [2.24, 2.45) is 0 Å². The fourth-order valence-corrected chi connectivity index (χ4v) is 3.79. The molecule has 0 aromatic carbocycles. The first-order valence-electron chi connectivity index (χ1n) is 8.50. The van der Waals surface area contributed by atoms with Gasteiger partial charge in [0, 0.05) is 13.1 Å². The molecule has 122 valence electrons. The summed E-state index contributed by atoms with van der Waals surface area (Å²) in [6.07, 6.45) is 11.5. The maximum atomic E-state index is 12.4. The van der Waals surface area contributed by atoms with Crippen molar-refractivity contribution < 1.29 is 9.53 Å². The van der Waals surface area contributed by atoms with Crippen LogP contribution >= 0.6 is 12.4 Å². The second-order valence-electron chi connectivity index (χ2n) is 6.57. The maximum Gasteiger partial charge on any atom is 0.239 e. The molecule has 0 aromatic heterocycles. The Labute approximate surface area is 134 Å². The lowest BCUT2D eigenvalue weighted by Crippen LogP contribution is -2.51. The van der Waals surface area contributed by atoms with Gasteiger partial charge in [0.25, 0.3) is 0 Å². The van der Waals surface area contributed by atoms with Crippen LogP contribution in [0.25, 0.3) is 0 Å². The highest BCUT2D eigenvalue weighted by atomic mass is 35.5. The highest BCUT2D eigenvalue weighted by molar-refractivity contribution is 5.85. The van der Waals surface area contributed by atoms with Crippen LogP contribution in [0, 0.1) is 0 Å². The molecule has 4 nitrogen and oxygen atoms in total. The summed E-state index contributed by atoms with van der Waals surface area (Å²) in [5, 5.41) is 3.36. The van der Waals surface area contributed by atoms with Gasteiger partial charge in [0.15, 0.2) is 0 Å². The Balaban J connectivity index is 0.00000161. The Hall–Kier alpha value is -0.320. The quantitative estimate of drug-likeness (QED) is 0.870. The van der Waals surface area contributed by atoms with E-state index in [1.54, 1.807) is 0 Å². The van der Waals surface area contributed by atoms with Gasteiger partial charge in [-0.1, -0.05) is 19.3 Å². The van der Waals surface area contributed by atoms with Crippen LogP contribution in [-0.2, 0) is 9.53 Å². The van der Waals surface area contributed by atoms with Crippen LogP contribution in [0.1, 0.15) is 57.8 Å². The summed E-state index contributed by atoms with van der Waals surface area (Å²) in [7, 11) is 0. The third kappa shape index (κ3) is 4.57. The normalized spacial score (nSPS) is 28.4. The first kappa shape index (κ1) is 17.0. The predicted molar refractivity (Wildman–Crippen MR) is 85.8 cm³/mol. The topological polar surface area (TPSA) is 41.6 Å². The van der Waals surface area contributed by atoms with Crippen LogP contribution in [0.4, 0.5) is 0 Å². The maximum absolute atomic E-state index is 12.4. The average Bonchev–Trinajstić information content (AvgIpc) is 3.01. The van der Waals surface area contributed by atoms with Crippen molar-refractivity contribution in [2.75, 3.05) is 19.6 Å². The first-order chi connectivity index (χ1) is 9.83. The second kappa shape index (κ2) is 8.35. The number of hydrogen-bond donors (Lipinski definition) is 1. The molecular weight excluding hydrogens is 288 g/mol. The molecule has 2 saturated heterocycles. The zero-order valence-corrected chi connectivity index (χ0v) is 13.7. The minimum Gasteiger partial charge on any atom is -0.375 e. The molecule has 2 heterocycles. The summed E-state index contributed by atoms with van der Waals surface area (Å²) in [5.41, 5.74) is 0. The van der Waals surface area contributed by atoms with Crippen molar-refractivity contribution in [3.8, 4) is 0 Å². The monoisotopic (exact) mass is 316 g/mol. The number of rotatable bonds is 3. The van der Waals surface area contributed by atoms with Gasteiger partial charge in [-0.3, -0.25) is 4.79 Å². The zero-order valence-electron chi connectivity index (χ0n) is 12.9. The number of halogens is 1. The minimum atomic E-state index is 0. The molecule has 21 heavy (non-hydrogen) atoms. The number of hydrogen-bond acceptors (Lipinski definition) is 3. The van der Waals surface area contributed by atoms with Crippen LogP contribution in [0.3, 0.4) is 0 Å².